The van der Waals surface area contributed by atoms with E-state index in [1.807, 2.05) is 30.3 Å². The van der Waals surface area contributed by atoms with Crippen LogP contribution in [-0.2, 0) is 11.3 Å². The first kappa shape index (κ1) is 16.2. The smallest absolute Gasteiger partial charge is 0.407 e. The Balaban J connectivity index is 1.68. The lowest BCUT2D eigenvalue weighted by molar-refractivity contribution is 0.112. The van der Waals surface area contributed by atoms with E-state index in [-0.39, 0.29) is 6.61 Å². The SMILES string of the molecule is O=Cc1cncc(C#CCCNC(=O)OCc2ccccc2)c1. The molecule has 5 heteroatoms. The van der Waals surface area contributed by atoms with Gasteiger partial charge in [-0.25, -0.2) is 4.79 Å². The number of pyridine rings is 1. The minimum atomic E-state index is -0.472. The number of nitrogens with one attached hydrogen (secondary N) is 1. The van der Waals surface area contributed by atoms with Gasteiger partial charge in [0.15, 0.2) is 6.29 Å². The fourth-order valence-corrected chi connectivity index (χ4v) is 1.76. The molecule has 2 aromatic rings. The van der Waals surface area contributed by atoms with Crippen molar-refractivity contribution in [1.29, 1.82) is 0 Å². The average Bonchev–Trinajstić information content (AvgIpc) is 2.61. The van der Waals surface area contributed by atoms with Gasteiger partial charge in [0.1, 0.15) is 6.61 Å². The number of carbonyl (C=O) groups is 2. The van der Waals surface area contributed by atoms with E-state index in [4.69, 9.17) is 4.74 Å². The van der Waals surface area contributed by atoms with Crippen molar-refractivity contribution in [2.75, 3.05) is 6.54 Å². The number of hydrogen-bond donors (Lipinski definition) is 1. The molecular weight excluding hydrogens is 292 g/mol. The first-order valence-electron chi connectivity index (χ1n) is 7.11. The van der Waals surface area contributed by atoms with Gasteiger partial charge in [0.25, 0.3) is 0 Å². The predicted molar refractivity (Wildman–Crippen MR) is 85.7 cm³/mol. The maximum absolute atomic E-state index is 11.5. The zero-order valence-electron chi connectivity index (χ0n) is 12.5. The van der Waals surface area contributed by atoms with Crippen molar-refractivity contribution in [3.05, 3.63) is 65.5 Å². The van der Waals surface area contributed by atoms with Crippen molar-refractivity contribution < 1.29 is 14.3 Å². The lowest BCUT2D eigenvalue weighted by Gasteiger charge is -2.05. The maximum atomic E-state index is 11.5. The van der Waals surface area contributed by atoms with Crippen LogP contribution in [0.2, 0.25) is 0 Å². The number of benzene rings is 1. The van der Waals surface area contributed by atoms with Gasteiger partial charge in [-0.3, -0.25) is 9.78 Å². The van der Waals surface area contributed by atoms with Crippen LogP contribution < -0.4 is 5.32 Å². The number of nitrogens with zero attached hydrogens (tertiary/aromatic N) is 1. The second-order valence-corrected chi connectivity index (χ2v) is 4.67. The van der Waals surface area contributed by atoms with Gasteiger partial charge in [-0.15, -0.1) is 0 Å². The van der Waals surface area contributed by atoms with Crippen molar-refractivity contribution in [1.82, 2.24) is 10.3 Å². The molecule has 0 aliphatic carbocycles. The van der Waals surface area contributed by atoms with Gasteiger partial charge in [-0.05, 0) is 11.6 Å². The summed E-state index contributed by atoms with van der Waals surface area (Å²) in [6.07, 6.45) is 3.79. The third kappa shape index (κ3) is 6.02. The number of aldehydes is 1. The minimum Gasteiger partial charge on any atom is -0.445 e. The van der Waals surface area contributed by atoms with Crippen molar-refractivity contribution >= 4 is 12.4 Å². The van der Waals surface area contributed by atoms with Crippen molar-refractivity contribution in [2.24, 2.45) is 0 Å². The fraction of sp³-hybridized carbons (Fsp3) is 0.167. The summed E-state index contributed by atoms with van der Waals surface area (Å²) in [4.78, 5) is 26.0. The molecule has 0 bridgehead atoms. The average molecular weight is 308 g/mol. The van der Waals surface area contributed by atoms with Gasteiger partial charge < -0.3 is 10.1 Å². The summed E-state index contributed by atoms with van der Waals surface area (Å²) in [7, 11) is 0. The molecule has 1 amide bonds. The van der Waals surface area contributed by atoms with Crippen molar-refractivity contribution in [2.45, 2.75) is 13.0 Å². The molecule has 1 aromatic carbocycles. The highest BCUT2D eigenvalue weighted by Crippen LogP contribution is 2.00. The summed E-state index contributed by atoms with van der Waals surface area (Å²) >= 11 is 0. The molecule has 0 spiro atoms. The van der Waals surface area contributed by atoms with E-state index < -0.39 is 6.09 Å². The van der Waals surface area contributed by atoms with E-state index in [2.05, 4.69) is 22.1 Å². The molecule has 116 valence electrons. The summed E-state index contributed by atoms with van der Waals surface area (Å²) in [6.45, 7) is 0.629. The van der Waals surface area contributed by atoms with Gasteiger partial charge in [-0.2, -0.15) is 0 Å². The van der Waals surface area contributed by atoms with Crippen LogP contribution in [0.15, 0.2) is 48.8 Å². The molecule has 0 unspecified atom stereocenters. The van der Waals surface area contributed by atoms with Crippen molar-refractivity contribution in [3.8, 4) is 11.8 Å². The second-order valence-electron chi connectivity index (χ2n) is 4.67. The number of aromatic nitrogens is 1. The molecule has 1 N–H and O–H groups in total. The highest BCUT2D eigenvalue weighted by Gasteiger charge is 2.00. The Kier molecular flexibility index (Phi) is 6.36. The van der Waals surface area contributed by atoms with Crippen LogP contribution in [0.4, 0.5) is 4.79 Å². The summed E-state index contributed by atoms with van der Waals surface area (Å²) in [6, 6.07) is 11.1. The maximum Gasteiger partial charge on any atom is 0.407 e. The van der Waals surface area contributed by atoms with Gasteiger partial charge in [0.2, 0.25) is 0 Å². The molecule has 1 aromatic heterocycles. The van der Waals surface area contributed by atoms with Gasteiger partial charge in [0, 0.05) is 36.5 Å². The number of hydrogen-bond acceptors (Lipinski definition) is 4. The number of carbonyl (C=O) groups excluding carboxylic acids is 2. The molecule has 2 rings (SSSR count). The van der Waals surface area contributed by atoms with E-state index in [0.717, 1.165) is 11.8 Å². The van der Waals surface area contributed by atoms with Crippen LogP contribution in [-0.4, -0.2) is 23.9 Å². The van der Waals surface area contributed by atoms with Gasteiger partial charge in [0.05, 0.1) is 0 Å². The molecule has 0 fully saturated rings. The number of amides is 1. The molecule has 1 heterocycles. The van der Waals surface area contributed by atoms with Gasteiger partial charge in [-0.1, -0.05) is 42.2 Å². The zero-order valence-corrected chi connectivity index (χ0v) is 12.5. The molecule has 5 nitrogen and oxygen atoms in total. The Morgan fingerprint density at radius 2 is 2.09 bits per heavy atom. The summed E-state index contributed by atoms with van der Waals surface area (Å²) < 4.78 is 5.08. The summed E-state index contributed by atoms with van der Waals surface area (Å²) in [5, 5.41) is 2.63. The molecule has 0 saturated heterocycles. The number of ether oxygens (including phenoxy) is 1. The molecule has 0 atom stereocenters. The fourth-order valence-electron chi connectivity index (χ4n) is 1.76. The number of rotatable bonds is 5. The first-order valence-corrected chi connectivity index (χ1v) is 7.11. The molecule has 0 aliphatic rings. The normalized spacial score (nSPS) is 9.39. The summed E-state index contributed by atoms with van der Waals surface area (Å²) in [5.74, 6) is 5.79. The molecular formula is C18H16N2O3. The molecule has 23 heavy (non-hydrogen) atoms. The lowest BCUT2D eigenvalue weighted by atomic mass is 10.2. The Morgan fingerprint density at radius 1 is 1.26 bits per heavy atom. The van der Waals surface area contributed by atoms with Crippen LogP contribution in [0.3, 0.4) is 0 Å². The third-order valence-corrected chi connectivity index (χ3v) is 2.86. The Morgan fingerprint density at radius 3 is 2.87 bits per heavy atom. The standard InChI is InChI=1S/C18H16N2O3/c21-13-17-10-16(11-19-12-17)8-4-5-9-20-18(22)23-14-15-6-2-1-3-7-15/h1-3,6-7,10-13H,5,9,14H2,(H,20,22). The molecule has 0 aliphatic heterocycles. The highest BCUT2D eigenvalue weighted by atomic mass is 16.5. The van der Waals surface area contributed by atoms with Crippen LogP contribution in [0.25, 0.3) is 0 Å². The molecule has 0 radical (unpaired) electrons. The van der Waals surface area contributed by atoms with Crippen molar-refractivity contribution in [3.63, 3.8) is 0 Å². The largest absolute Gasteiger partial charge is 0.445 e. The van der Waals surface area contributed by atoms with E-state index in [0.29, 0.717) is 24.1 Å². The second kappa shape index (κ2) is 9.00. The Hall–Kier alpha value is -3.13. The molecule has 0 saturated carbocycles. The predicted octanol–water partition coefficient (Wildman–Crippen LogP) is 2.56. The van der Waals surface area contributed by atoms with Crippen LogP contribution in [0, 0.1) is 11.8 Å². The third-order valence-electron chi connectivity index (χ3n) is 2.86. The Bertz CT molecular complexity index is 718. The van der Waals surface area contributed by atoms with Crippen LogP contribution in [0.5, 0.6) is 0 Å². The minimum absolute atomic E-state index is 0.239. The first-order chi connectivity index (χ1) is 11.3. The zero-order chi connectivity index (χ0) is 16.3. The highest BCUT2D eigenvalue weighted by molar-refractivity contribution is 5.74. The van der Waals surface area contributed by atoms with E-state index >= 15 is 0 Å². The quantitative estimate of drug-likeness (QED) is 0.523. The lowest BCUT2D eigenvalue weighted by Crippen LogP contribution is -2.24. The topological polar surface area (TPSA) is 68.3 Å². The monoisotopic (exact) mass is 308 g/mol. The van der Waals surface area contributed by atoms with Crippen LogP contribution in [0.1, 0.15) is 27.9 Å². The van der Waals surface area contributed by atoms with E-state index in [1.165, 1.54) is 6.20 Å². The van der Waals surface area contributed by atoms with Gasteiger partial charge >= 0.3 is 6.09 Å². The van der Waals surface area contributed by atoms with Crippen LogP contribution >= 0.6 is 0 Å². The Labute approximate surface area is 134 Å². The van der Waals surface area contributed by atoms with E-state index in [1.54, 1.807) is 12.3 Å². The number of alkyl carbamates (subject to hydrolysis) is 1. The summed E-state index contributed by atoms with van der Waals surface area (Å²) in [5.41, 5.74) is 2.09. The van der Waals surface area contributed by atoms with E-state index in [9.17, 15) is 9.59 Å².